The second-order valence-corrected chi connectivity index (χ2v) is 7.41. The normalized spacial score (nSPS) is 21.4. The summed E-state index contributed by atoms with van der Waals surface area (Å²) in [6.07, 6.45) is 3.66. The number of esters is 1. The Morgan fingerprint density at radius 2 is 2.04 bits per heavy atom. The minimum absolute atomic E-state index is 0.0482. The average Bonchev–Trinajstić information content (AvgIpc) is 2.90. The lowest BCUT2D eigenvalue weighted by atomic mass is 9.86. The van der Waals surface area contributed by atoms with Crippen LogP contribution < -0.4 is 10.6 Å². The molecule has 1 aliphatic carbocycles. The molecule has 1 heterocycles. The van der Waals surface area contributed by atoms with Crippen molar-refractivity contribution in [1.29, 1.82) is 0 Å². The smallest absolute Gasteiger partial charge is 0.308 e. The van der Waals surface area contributed by atoms with E-state index in [1.54, 1.807) is 18.4 Å². The number of guanidine groups is 1. The van der Waals surface area contributed by atoms with Crippen LogP contribution in [0, 0.1) is 19.8 Å². The molecule has 1 saturated carbocycles. The van der Waals surface area contributed by atoms with E-state index in [0.29, 0.717) is 19.2 Å². The van der Waals surface area contributed by atoms with Crippen LogP contribution in [0.25, 0.3) is 0 Å². The van der Waals surface area contributed by atoms with Gasteiger partial charge in [-0.1, -0.05) is 0 Å². The molecule has 134 valence electrons. The summed E-state index contributed by atoms with van der Waals surface area (Å²) < 4.78 is 5.12. The van der Waals surface area contributed by atoms with Gasteiger partial charge in [0, 0.05) is 18.0 Å². The Hall–Kier alpha value is -1.63. The zero-order valence-corrected chi connectivity index (χ0v) is 15.8. The summed E-state index contributed by atoms with van der Waals surface area (Å²) in [7, 11) is 1.78. The number of carbonyl (C=O) groups is 1. The SMILES string of the molecule is CCOC(=O)C1CCC(NC(=NC)NCc2nc(C)c(C)s2)CC1. The van der Waals surface area contributed by atoms with Gasteiger partial charge < -0.3 is 15.4 Å². The van der Waals surface area contributed by atoms with Crippen LogP contribution >= 0.6 is 11.3 Å². The van der Waals surface area contributed by atoms with Crippen molar-refractivity contribution in [2.24, 2.45) is 10.9 Å². The van der Waals surface area contributed by atoms with Gasteiger partial charge in [0.25, 0.3) is 0 Å². The molecule has 0 unspecified atom stereocenters. The number of aromatic nitrogens is 1. The maximum absolute atomic E-state index is 11.8. The third-order valence-corrected chi connectivity index (χ3v) is 5.46. The maximum Gasteiger partial charge on any atom is 0.308 e. The third-order valence-electron chi connectivity index (χ3n) is 4.39. The average molecular weight is 353 g/mol. The molecule has 1 fully saturated rings. The van der Waals surface area contributed by atoms with Gasteiger partial charge in [-0.25, -0.2) is 4.98 Å². The number of nitrogens with zero attached hydrogens (tertiary/aromatic N) is 2. The predicted molar refractivity (Wildman–Crippen MR) is 97.3 cm³/mol. The summed E-state index contributed by atoms with van der Waals surface area (Å²) in [6.45, 7) is 7.11. The first kappa shape index (κ1) is 18.7. The number of ether oxygens (including phenoxy) is 1. The lowest BCUT2D eigenvalue weighted by Crippen LogP contribution is -2.45. The first-order valence-corrected chi connectivity index (χ1v) is 9.41. The van der Waals surface area contributed by atoms with E-state index in [4.69, 9.17) is 4.74 Å². The first-order chi connectivity index (χ1) is 11.5. The molecule has 2 rings (SSSR count). The second kappa shape index (κ2) is 9.01. The highest BCUT2D eigenvalue weighted by molar-refractivity contribution is 7.11. The van der Waals surface area contributed by atoms with Gasteiger partial charge in [-0.05, 0) is 46.5 Å². The molecule has 0 atom stereocenters. The van der Waals surface area contributed by atoms with E-state index >= 15 is 0 Å². The van der Waals surface area contributed by atoms with Crippen LogP contribution in [0.15, 0.2) is 4.99 Å². The number of thiazole rings is 1. The van der Waals surface area contributed by atoms with Crippen molar-refractivity contribution in [2.45, 2.75) is 59.0 Å². The van der Waals surface area contributed by atoms with E-state index in [0.717, 1.165) is 42.3 Å². The summed E-state index contributed by atoms with van der Waals surface area (Å²) >= 11 is 1.71. The molecule has 2 N–H and O–H groups in total. The lowest BCUT2D eigenvalue weighted by Gasteiger charge is -2.29. The molecule has 0 saturated heterocycles. The van der Waals surface area contributed by atoms with Crippen LogP contribution in [-0.4, -0.2) is 36.6 Å². The van der Waals surface area contributed by atoms with E-state index in [1.807, 2.05) is 13.8 Å². The highest BCUT2D eigenvalue weighted by Gasteiger charge is 2.27. The van der Waals surface area contributed by atoms with Crippen LogP contribution in [0.3, 0.4) is 0 Å². The highest BCUT2D eigenvalue weighted by atomic mass is 32.1. The van der Waals surface area contributed by atoms with Gasteiger partial charge in [-0.15, -0.1) is 11.3 Å². The van der Waals surface area contributed by atoms with Gasteiger partial charge >= 0.3 is 5.97 Å². The van der Waals surface area contributed by atoms with Crippen LogP contribution in [0.4, 0.5) is 0 Å². The largest absolute Gasteiger partial charge is 0.466 e. The van der Waals surface area contributed by atoms with Crippen molar-refractivity contribution in [1.82, 2.24) is 15.6 Å². The van der Waals surface area contributed by atoms with E-state index in [9.17, 15) is 4.79 Å². The molecular formula is C17H28N4O2S. The van der Waals surface area contributed by atoms with Gasteiger partial charge in [0.05, 0.1) is 24.8 Å². The number of hydrogen-bond donors (Lipinski definition) is 2. The Kier molecular flexibility index (Phi) is 7.02. The Bertz CT molecular complexity index is 558. The van der Waals surface area contributed by atoms with E-state index < -0.39 is 0 Å². The minimum atomic E-state index is -0.0482. The number of rotatable bonds is 5. The van der Waals surface area contributed by atoms with Crippen LogP contribution in [0.1, 0.15) is 48.2 Å². The van der Waals surface area contributed by atoms with Crippen molar-refractivity contribution in [3.8, 4) is 0 Å². The van der Waals surface area contributed by atoms with Crippen molar-refractivity contribution < 1.29 is 9.53 Å². The molecule has 0 aromatic carbocycles. The minimum Gasteiger partial charge on any atom is -0.466 e. The molecule has 0 bridgehead atoms. The molecule has 7 heteroatoms. The third kappa shape index (κ3) is 5.19. The standard InChI is InChI=1S/C17H28N4O2S/c1-5-23-16(22)13-6-8-14(9-7-13)21-17(18-4)19-10-15-20-11(2)12(3)24-15/h13-14H,5-10H2,1-4H3,(H2,18,19,21). The first-order valence-electron chi connectivity index (χ1n) is 8.60. The Labute approximate surface area is 148 Å². The molecule has 0 spiro atoms. The molecule has 1 aliphatic rings. The molecule has 0 amide bonds. The summed E-state index contributed by atoms with van der Waals surface area (Å²) in [5.74, 6) is 0.798. The fraction of sp³-hybridized carbons (Fsp3) is 0.706. The Balaban J connectivity index is 1.76. The van der Waals surface area contributed by atoms with E-state index in [-0.39, 0.29) is 11.9 Å². The Morgan fingerprint density at radius 3 is 2.58 bits per heavy atom. The molecule has 0 radical (unpaired) electrons. The van der Waals surface area contributed by atoms with E-state index in [1.165, 1.54) is 4.88 Å². The highest BCUT2D eigenvalue weighted by Crippen LogP contribution is 2.25. The molecular weight excluding hydrogens is 324 g/mol. The summed E-state index contributed by atoms with van der Waals surface area (Å²) in [6, 6.07) is 0.349. The topological polar surface area (TPSA) is 75.6 Å². The van der Waals surface area contributed by atoms with Crippen molar-refractivity contribution >= 4 is 23.3 Å². The van der Waals surface area contributed by atoms with Crippen molar-refractivity contribution in [2.75, 3.05) is 13.7 Å². The van der Waals surface area contributed by atoms with Crippen molar-refractivity contribution in [3.05, 3.63) is 15.6 Å². The number of carbonyl (C=O) groups excluding carboxylic acids is 1. The van der Waals surface area contributed by atoms with Gasteiger partial charge in [-0.2, -0.15) is 0 Å². The molecule has 0 aliphatic heterocycles. The number of hydrogen-bond acceptors (Lipinski definition) is 5. The monoisotopic (exact) mass is 352 g/mol. The zero-order chi connectivity index (χ0) is 17.5. The number of nitrogens with one attached hydrogen (secondary N) is 2. The van der Waals surface area contributed by atoms with Crippen LogP contribution in [0.5, 0.6) is 0 Å². The molecule has 1 aromatic heterocycles. The predicted octanol–water partition coefficient (Wildman–Crippen LogP) is 2.55. The molecule has 1 aromatic rings. The van der Waals surface area contributed by atoms with Crippen LogP contribution in [-0.2, 0) is 16.1 Å². The quantitative estimate of drug-likeness (QED) is 0.484. The van der Waals surface area contributed by atoms with Crippen molar-refractivity contribution in [3.63, 3.8) is 0 Å². The van der Waals surface area contributed by atoms with Gasteiger partial charge in [0.2, 0.25) is 0 Å². The fourth-order valence-electron chi connectivity index (χ4n) is 2.90. The van der Waals surface area contributed by atoms with E-state index in [2.05, 4.69) is 27.5 Å². The van der Waals surface area contributed by atoms with Crippen LogP contribution in [0.2, 0.25) is 0 Å². The number of aryl methyl sites for hydroxylation is 2. The summed E-state index contributed by atoms with van der Waals surface area (Å²) in [4.78, 5) is 21.9. The summed E-state index contributed by atoms with van der Waals surface area (Å²) in [5.41, 5.74) is 1.09. The second-order valence-electron chi connectivity index (χ2n) is 6.12. The maximum atomic E-state index is 11.8. The zero-order valence-electron chi connectivity index (χ0n) is 15.0. The van der Waals surface area contributed by atoms with Gasteiger partial charge in [0.1, 0.15) is 5.01 Å². The van der Waals surface area contributed by atoms with Gasteiger partial charge in [-0.3, -0.25) is 9.79 Å². The number of aliphatic imine (C=N–C) groups is 1. The van der Waals surface area contributed by atoms with Gasteiger partial charge in [0.15, 0.2) is 5.96 Å². The summed E-state index contributed by atoms with van der Waals surface area (Å²) in [5, 5.41) is 7.84. The fourth-order valence-corrected chi connectivity index (χ4v) is 3.77. The molecule has 24 heavy (non-hydrogen) atoms. The lowest BCUT2D eigenvalue weighted by molar-refractivity contribution is -0.149. The Morgan fingerprint density at radius 1 is 1.33 bits per heavy atom. The molecule has 6 nitrogen and oxygen atoms in total.